The van der Waals surface area contributed by atoms with Crippen LogP contribution in [0.3, 0.4) is 0 Å². The van der Waals surface area contributed by atoms with Gasteiger partial charge in [-0.05, 0) is 30.0 Å². The zero-order valence-corrected chi connectivity index (χ0v) is 14.9. The van der Waals surface area contributed by atoms with Crippen LogP contribution in [0.15, 0.2) is 53.4 Å². The summed E-state index contributed by atoms with van der Waals surface area (Å²) >= 11 is 7.75. The number of hydrogen-bond acceptors (Lipinski definition) is 3. The van der Waals surface area contributed by atoms with Crippen molar-refractivity contribution in [1.29, 1.82) is 0 Å². The lowest BCUT2D eigenvalue weighted by Gasteiger charge is -2.23. The average Bonchev–Trinajstić information content (AvgIpc) is 2.59. The molecule has 0 heterocycles. The summed E-state index contributed by atoms with van der Waals surface area (Å²) in [5, 5.41) is 0.398. The summed E-state index contributed by atoms with van der Waals surface area (Å²) in [5.74, 6) is -0.647. The first-order chi connectivity index (χ1) is 11.5. The van der Waals surface area contributed by atoms with Crippen LogP contribution in [0.1, 0.15) is 22.3 Å². The van der Waals surface area contributed by atoms with Gasteiger partial charge in [0, 0.05) is 24.4 Å². The zero-order chi connectivity index (χ0) is 17.5. The maximum atomic E-state index is 12.9. The Morgan fingerprint density at radius 2 is 1.88 bits per heavy atom. The quantitative estimate of drug-likeness (QED) is 0.766. The predicted molar refractivity (Wildman–Crippen MR) is 98.2 cm³/mol. The van der Waals surface area contributed by atoms with E-state index < -0.39 is 5.91 Å². The molecule has 4 nitrogen and oxygen atoms in total. The van der Waals surface area contributed by atoms with Gasteiger partial charge in [-0.1, -0.05) is 41.9 Å². The van der Waals surface area contributed by atoms with Crippen molar-refractivity contribution < 1.29 is 9.59 Å². The lowest BCUT2D eigenvalue weighted by molar-refractivity contribution is -0.118. The predicted octanol–water partition coefficient (Wildman–Crippen LogP) is 3.58. The highest BCUT2D eigenvalue weighted by atomic mass is 35.5. The maximum absolute atomic E-state index is 12.9. The van der Waals surface area contributed by atoms with Crippen LogP contribution in [0.2, 0.25) is 5.02 Å². The SMILES string of the molecule is CSc1ccc(Cl)c(C(=O)N(CCC(N)=O)Cc2ccccc2)c1. The molecule has 0 fully saturated rings. The summed E-state index contributed by atoms with van der Waals surface area (Å²) in [5.41, 5.74) is 6.66. The molecule has 0 saturated carbocycles. The van der Waals surface area contributed by atoms with Crippen molar-refractivity contribution in [2.75, 3.05) is 12.8 Å². The number of primary amides is 1. The molecule has 126 valence electrons. The number of carbonyl (C=O) groups is 2. The van der Waals surface area contributed by atoms with Crippen LogP contribution in [0.4, 0.5) is 0 Å². The summed E-state index contributed by atoms with van der Waals surface area (Å²) in [4.78, 5) is 26.6. The molecule has 0 aliphatic rings. The van der Waals surface area contributed by atoms with Gasteiger partial charge in [-0.3, -0.25) is 9.59 Å². The second-order valence-corrected chi connectivity index (χ2v) is 6.56. The summed E-state index contributed by atoms with van der Waals surface area (Å²) < 4.78 is 0. The molecule has 0 atom stereocenters. The van der Waals surface area contributed by atoms with Gasteiger partial charge in [-0.15, -0.1) is 11.8 Å². The summed E-state index contributed by atoms with van der Waals surface area (Å²) in [6.45, 7) is 0.648. The van der Waals surface area contributed by atoms with E-state index in [1.165, 1.54) is 11.8 Å². The molecule has 0 aliphatic carbocycles. The number of nitrogens with two attached hydrogens (primary N) is 1. The van der Waals surface area contributed by atoms with Crippen molar-refractivity contribution in [3.05, 3.63) is 64.7 Å². The third-order valence-corrected chi connectivity index (χ3v) is 4.59. The Hall–Kier alpha value is -1.98. The number of nitrogens with zero attached hydrogens (tertiary/aromatic N) is 1. The molecule has 0 aliphatic heterocycles. The van der Waals surface area contributed by atoms with E-state index in [4.69, 9.17) is 17.3 Å². The van der Waals surface area contributed by atoms with E-state index in [1.807, 2.05) is 42.7 Å². The van der Waals surface area contributed by atoms with Gasteiger partial charge < -0.3 is 10.6 Å². The number of amides is 2. The number of hydrogen-bond donors (Lipinski definition) is 1. The molecular formula is C18H19ClN2O2S. The lowest BCUT2D eigenvalue weighted by atomic mass is 10.1. The second-order valence-electron chi connectivity index (χ2n) is 5.27. The second kappa shape index (κ2) is 8.76. The fourth-order valence-corrected chi connectivity index (χ4v) is 2.91. The Bertz CT molecular complexity index is 722. The van der Waals surface area contributed by atoms with Crippen molar-refractivity contribution in [1.82, 2.24) is 4.90 Å². The fourth-order valence-electron chi connectivity index (χ4n) is 2.27. The van der Waals surface area contributed by atoms with Gasteiger partial charge in [0.1, 0.15) is 0 Å². The minimum absolute atomic E-state index is 0.110. The number of thioether (sulfide) groups is 1. The van der Waals surface area contributed by atoms with Crippen molar-refractivity contribution in [3.63, 3.8) is 0 Å². The van der Waals surface area contributed by atoms with Gasteiger partial charge in [0.15, 0.2) is 0 Å². The lowest BCUT2D eigenvalue weighted by Crippen LogP contribution is -2.33. The normalized spacial score (nSPS) is 10.4. The molecule has 6 heteroatoms. The van der Waals surface area contributed by atoms with Gasteiger partial charge >= 0.3 is 0 Å². The monoisotopic (exact) mass is 362 g/mol. The van der Waals surface area contributed by atoms with Gasteiger partial charge in [0.2, 0.25) is 5.91 Å². The van der Waals surface area contributed by atoms with Crippen LogP contribution < -0.4 is 5.73 Å². The molecule has 0 aromatic heterocycles. The molecule has 0 spiro atoms. The minimum atomic E-state index is -0.440. The molecule has 2 aromatic carbocycles. The van der Waals surface area contributed by atoms with Crippen molar-refractivity contribution in [2.24, 2.45) is 5.73 Å². The summed E-state index contributed by atoms with van der Waals surface area (Å²) in [6.07, 6.45) is 2.05. The molecule has 2 amide bonds. The molecule has 2 rings (SSSR count). The Kier molecular flexibility index (Phi) is 6.70. The standard InChI is InChI=1S/C18H19ClN2O2S/c1-24-14-7-8-16(19)15(11-14)18(23)21(10-9-17(20)22)12-13-5-3-2-4-6-13/h2-8,11H,9-10,12H2,1H3,(H2,20,22). The maximum Gasteiger partial charge on any atom is 0.255 e. The number of carbonyl (C=O) groups excluding carboxylic acids is 2. The third kappa shape index (κ3) is 5.01. The van der Waals surface area contributed by atoms with Crippen molar-refractivity contribution in [2.45, 2.75) is 17.9 Å². The van der Waals surface area contributed by atoms with Crippen LogP contribution in [0, 0.1) is 0 Å². The Morgan fingerprint density at radius 1 is 1.17 bits per heavy atom. The molecule has 2 aromatic rings. The Labute approximate surface area is 151 Å². The summed E-state index contributed by atoms with van der Waals surface area (Å²) in [6, 6.07) is 15.0. The van der Waals surface area contributed by atoms with Crippen LogP contribution in [0.25, 0.3) is 0 Å². The summed E-state index contributed by atoms with van der Waals surface area (Å²) in [7, 11) is 0. The van der Waals surface area contributed by atoms with Crippen LogP contribution in [0.5, 0.6) is 0 Å². The van der Waals surface area contributed by atoms with E-state index in [9.17, 15) is 9.59 Å². The molecule has 0 radical (unpaired) electrons. The Balaban J connectivity index is 2.28. The van der Waals surface area contributed by atoms with Gasteiger partial charge in [0.25, 0.3) is 5.91 Å². The largest absolute Gasteiger partial charge is 0.370 e. The van der Waals surface area contributed by atoms with Crippen molar-refractivity contribution >= 4 is 35.2 Å². The fraction of sp³-hybridized carbons (Fsp3) is 0.222. The molecule has 24 heavy (non-hydrogen) atoms. The molecule has 0 bridgehead atoms. The highest BCUT2D eigenvalue weighted by Crippen LogP contribution is 2.25. The van der Waals surface area contributed by atoms with Crippen LogP contribution in [-0.4, -0.2) is 29.5 Å². The van der Waals surface area contributed by atoms with E-state index in [-0.39, 0.29) is 18.9 Å². The van der Waals surface area contributed by atoms with E-state index >= 15 is 0 Å². The van der Waals surface area contributed by atoms with E-state index in [0.29, 0.717) is 17.1 Å². The van der Waals surface area contributed by atoms with Gasteiger partial charge in [0.05, 0.1) is 10.6 Å². The average molecular weight is 363 g/mol. The zero-order valence-electron chi connectivity index (χ0n) is 13.4. The topological polar surface area (TPSA) is 63.4 Å². The smallest absolute Gasteiger partial charge is 0.255 e. The molecular weight excluding hydrogens is 344 g/mol. The minimum Gasteiger partial charge on any atom is -0.370 e. The number of rotatable bonds is 7. The van der Waals surface area contributed by atoms with Crippen molar-refractivity contribution in [3.8, 4) is 0 Å². The van der Waals surface area contributed by atoms with Crippen LogP contribution in [-0.2, 0) is 11.3 Å². The Morgan fingerprint density at radius 3 is 2.50 bits per heavy atom. The molecule has 0 unspecified atom stereocenters. The number of benzene rings is 2. The van der Waals surface area contributed by atoms with Crippen LogP contribution >= 0.6 is 23.4 Å². The van der Waals surface area contributed by atoms with Gasteiger partial charge in [-0.25, -0.2) is 0 Å². The van der Waals surface area contributed by atoms with E-state index in [2.05, 4.69) is 0 Å². The highest BCUT2D eigenvalue weighted by molar-refractivity contribution is 7.98. The first kappa shape index (κ1) is 18.4. The first-order valence-corrected chi connectivity index (χ1v) is 9.06. The van der Waals surface area contributed by atoms with E-state index in [1.54, 1.807) is 17.0 Å². The molecule has 2 N–H and O–H groups in total. The number of halogens is 1. The molecule has 0 saturated heterocycles. The van der Waals surface area contributed by atoms with E-state index in [0.717, 1.165) is 10.5 Å². The van der Waals surface area contributed by atoms with Gasteiger partial charge in [-0.2, -0.15) is 0 Å². The highest BCUT2D eigenvalue weighted by Gasteiger charge is 2.20. The third-order valence-electron chi connectivity index (χ3n) is 3.54. The first-order valence-electron chi connectivity index (χ1n) is 7.46.